The molecule has 1 fully saturated rings. The Kier molecular flexibility index (Phi) is 3.91. The molecular weight excluding hydrogens is 252 g/mol. The number of amidine groups is 1. The molecule has 2 nitrogen and oxygen atoms in total. The fourth-order valence-electron chi connectivity index (χ4n) is 1.43. The van der Waals surface area contributed by atoms with E-state index in [0.29, 0.717) is 10.7 Å². The van der Waals surface area contributed by atoms with Crippen LogP contribution >= 0.6 is 15.9 Å². The molecule has 82 valence electrons. The molecule has 0 amide bonds. The van der Waals surface area contributed by atoms with Crippen molar-refractivity contribution >= 4 is 20.7 Å². The van der Waals surface area contributed by atoms with Gasteiger partial charge in [0.2, 0.25) is 0 Å². The second kappa shape index (κ2) is 4.79. The van der Waals surface area contributed by atoms with Crippen molar-refractivity contribution in [3.63, 3.8) is 0 Å². The number of hydrogen-bond donors (Lipinski definition) is 1. The molecule has 0 unspecified atom stereocenters. The first kappa shape index (κ1) is 12.2. The van der Waals surface area contributed by atoms with E-state index in [0.717, 1.165) is 11.3 Å². The minimum atomic E-state index is 0.314. The lowest BCUT2D eigenvalue weighted by molar-refractivity contribution is 0.689. The zero-order chi connectivity index (χ0) is 11.6. The van der Waals surface area contributed by atoms with E-state index in [2.05, 4.69) is 29.1 Å². The van der Waals surface area contributed by atoms with Crippen LogP contribution in [0.5, 0.6) is 0 Å². The van der Waals surface area contributed by atoms with Crippen molar-refractivity contribution in [3.05, 3.63) is 36.2 Å². The Balaban J connectivity index is 2.92. The van der Waals surface area contributed by atoms with Gasteiger partial charge in [-0.15, -0.1) is 0 Å². The average molecular weight is 269 g/mol. The molecule has 0 aromatic carbocycles. The van der Waals surface area contributed by atoms with Gasteiger partial charge in [-0.2, -0.15) is 0 Å². The van der Waals surface area contributed by atoms with Crippen LogP contribution in [0.3, 0.4) is 0 Å². The van der Waals surface area contributed by atoms with E-state index in [1.165, 1.54) is 18.4 Å². The summed E-state index contributed by atoms with van der Waals surface area (Å²) in [5, 5.41) is 7.59. The molecule has 0 aliphatic heterocycles. The predicted molar refractivity (Wildman–Crippen MR) is 68.9 cm³/mol. The maximum Gasteiger partial charge on any atom is 0.173 e. The summed E-state index contributed by atoms with van der Waals surface area (Å²) in [6.45, 7) is 11.7. The van der Waals surface area contributed by atoms with Crippen LogP contribution in [0.25, 0.3) is 0 Å². The number of hydrogen-bond acceptors (Lipinski definition) is 1. The van der Waals surface area contributed by atoms with E-state index >= 15 is 0 Å². The predicted octanol–water partition coefficient (Wildman–Crippen LogP) is 4.02. The molecule has 15 heavy (non-hydrogen) atoms. The molecular formula is C12H17BrN2. The maximum absolute atomic E-state index is 7.59. The molecule has 1 rings (SSSR count). The van der Waals surface area contributed by atoms with Gasteiger partial charge in [0.25, 0.3) is 0 Å². The Morgan fingerprint density at radius 1 is 1.40 bits per heavy atom. The van der Waals surface area contributed by atoms with Gasteiger partial charge >= 0.3 is 0 Å². The van der Waals surface area contributed by atoms with Gasteiger partial charge in [0.05, 0.1) is 0 Å². The standard InChI is InChI=1S/C12H17BrN2/c1-8(2)11(10-5-6-10)7-15(9(3)4)12(13)14/h7,10,14H,1,3,5-6H2,2,4H3/b11-7+,14-12?. The zero-order valence-corrected chi connectivity index (χ0v) is 10.9. The summed E-state index contributed by atoms with van der Waals surface area (Å²) in [6.07, 6.45) is 4.44. The molecule has 0 spiro atoms. The first-order valence-electron chi connectivity index (χ1n) is 5.00. The number of allylic oxidation sites excluding steroid dienone is 3. The first-order valence-corrected chi connectivity index (χ1v) is 5.79. The fraction of sp³-hybridized carbons (Fsp3) is 0.417. The normalized spacial score (nSPS) is 16.1. The van der Waals surface area contributed by atoms with Crippen molar-refractivity contribution < 1.29 is 0 Å². The molecule has 0 bridgehead atoms. The second-order valence-electron chi connectivity index (χ2n) is 4.04. The topological polar surface area (TPSA) is 27.1 Å². The fourth-order valence-corrected chi connectivity index (χ4v) is 1.84. The zero-order valence-electron chi connectivity index (χ0n) is 9.31. The van der Waals surface area contributed by atoms with Crippen LogP contribution in [-0.4, -0.2) is 9.64 Å². The smallest absolute Gasteiger partial charge is 0.173 e. The lowest BCUT2D eigenvalue weighted by Crippen LogP contribution is -2.18. The van der Waals surface area contributed by atoms with Crippen LogP contribution in [-0.2, 0) is 0 Å². The SMILES string of the molecule is C=C(C)/C(=C\N(C(=C)C)C(=N)Br)C1CC1. The van der Waals surface area contributed by atoms with Gasteiger partial charge in [-0.1, -0.05) is 18.7 Å². The van der Waals surface area contributed by atoms with Crippen molar-refractivity contribution in [2.45, 2.75) is 26.7 Å². The first-order chi connectivity index (χ1) is 6.93. The monoisotopic (exact) mass is 268 g/mol. The van der Waals surface area contributed by atoms with E-state index < -0.39 is 0 Å². The Morgan fingerprint density at radius 2 is 1.93 bits per heavy atom. The third-order valence-electron chi connectivity index (χ3n) is 2.40. The minimum absolute atomic E-state index is 0.314. The van der Waals surface area contributed by atoms with Crippen molar-refractivity contribution in [1.82, 2.24) is 4.90 Å². The lowest BCUT2D eigenvalue weighted by Gasteiger charge is -2.19. The van der Waals surface area contributed by atoms with E-state index in [9.17, 15) is 0 Å². The van der Waals surface area contributed by atoms with Crippen LogP contribution in [0.4, 0.5) is 0 Å². The number of halogens is 1. The van der Waals surface area contributed by atoms with Crippen LogP contribution in [0, 0.1) is 11.3 Å². The van der Waals surface area contributed by atoms with Gasteiger partial charge in [0.15, 0.2) is 4.74 Å². The molecule has 0 saturated heterocycles. The Bertz CT molecular complexity index is 324. The van der Waals surface area contributed by atoms with Crippen molar-refractivity contribution in [1.29, 1.82) is 5.41 Å². The molecule has 1 saturated carbocycles. The quantitative estimate of drug-likeness (QED) is 0.355. The molecule has 0 aromatic rings. The molecule has 0 heterocycles. The average Bonchev–Trinajstić information content (AvgIpc) is 2.86. The molecule has 1 aliphatic carbocycles. The van der Waals surface area contributed by atoms with Gasteiger partial charge < -0.3 is 4.90 Å². The largest absolute Gasteiger partial charge is 0.301 e. The third kappa shape index (κ3) is 3.34. The summed E-state index contributed by atoms with van der Waals surface area (Å²) in [7, 11) is 0. The summed E-state index contributed by atoms with van der Waals surface area (Å²) in [4.78, 5) is 1.74. The Morgan fingerprint density at radius 3 is 2.20 bits per heavy atom. The molecule has 1 aliphatic rings. The third-order valence-corrected chi connectivity index (χ3v) is 2.78. The number of nitrogens with zero attached hydrogens (tertiary/aromatic N) is 1. The van der Waals surface area contributed by atoms with Crippen LogP contribution in [0.1, 0.15) is 26.7 Å². The van der Waals surface area contributed by atoms with Gasteiger partial charge in [0, 0.05) is 11.9 Å². The summed E-state index contributed by atoms with van der Waals surface area (Å²) in [5.41, 5.74) is 3.15. The maximum atomic E-state index is 7.59. The van der Waals surface area contributed by atoms with E-state index in [4.69, 9.17) is 5.41 Å². The highest BCUT2D eigenvalue weighted by atomic mass is 79.9. The lowest BCUT2D eigenvalue weighted by atomic mass is 10.1. The van der Waals surface area contributed by atoms with E-state index in [1.54, 1.807) is 4.90 Å². The summed E-state index contributed by atoms with van der Waals surface area (Å²) in [5.74, 6) is 0.635. The van der Waals surface area contributed by atoms with E-state index in [1.807, 2.05) is 20.0 Å². The minimum Gasteiger partial charge on any atom is -0.301 e. The molecule has 0 atom stereocenters. The van der Waals surface area contributed by atoms with Gasteiger partial charge in [-0.05, 0) is 54.1 Å². The molecule has 3 heteroatoms. The molecule has 0 aromatic heterocycles. The second-order valence-corrected chi connectivity index (χ2v) is 4.79. The molecule has 1 N–H and O–H groups in total. The van der Waals surface area contributed by atoms with Crippen molar-refractivity contribution in [2.75, 3.05) is 0 Å². The Labute approximate surface area is 100.0 Å². The highest BCUT2D eigenvalue weighted by Crippen LogP contribution is 2.39. The molecule has 0 radical (unpaired) electrons. The van der Waals surface area contributed by atoms with Crippen LogP contribution < -0.4 is 0 Å². The summed E-state index contributed by atoms with van der Waals surface area (Å²) >= 11 is 3.16. The van der Waals surface area contributed by atoms with Gasteiger partial charge in [-0.3, -0.25) is 5.41 Å². The highest BCUT2D eigenvalue weighted by molar-refractivity contribution is 9.18. The van der Waals surface area contributed by atoms with Crippen LogP contribution in [0.2, 0.25) is 0 Å². The summed E-state index contributed by atoms with van der Waals surface area (Å²) < 4.78 is 0.314. The summed E-state index contributed by atoms with van der Waals surface area (Å²) in [6, 6.07) is 0. The highest BCUT2D eigenvalue weighted by Gasteiger charge is 2.27. The van der Waals surface area contributed by atoms with Gasteiger partial charge in [0.1, 0.15) is 0 Å². The van der Waals surface area contributed by atoms with Crippen LogP contribution in [0.15, 0.2) is 36.2 Å². The van der Waals surface area contributed by atoms with Gasteiger partial charge in [-0.25, -0.2) is 0 Å². The number of nitrogens with one attached hydrogen (secondary N) is 1. The Hall–Kier alpha value is -0.830. The number of rotatable bonds is 4. The van der Waals surface area contributed by atoms with Crippen molar-refractivity contribution in [2.24, 2.45) is 5.92 Å². The van der Waals surface area contributed by atoms with E-state index in [-0.39, 0.29) is 0 Å². The van der Waals surface area contributed by atoms with Crippen molar-refractivity contribution in [3.8, 4) is 0 Å².